The van der Waals surface area contributed by atoms with Crippen molar-refractivity contribution in [3.8, 4) is 0 Å². The van der Waals surface area contributed by atoms with Gasteiger partial charge in [0.05, 0.1) is 17.0 Å². The van der Waals surface area contributed by atoms with Gasteiger partial charge in [-0.25, -0.2) is 12.8 Å². The lowest BCUT2D eigenvalue weighted by Crippen LogP contribution is -2.54. The van der Waals surface area contributed by atoms with E-state index in [-0.39, 0.29) is 46.2 Å². The minimum atomic E-state index is -4.02. The first-order valence-corrected chi connectivity index (χ1v) is 15.9. The molecule has 1 unspecified atom stereocenters. The average molecular weight is 621 g/mol. The van der Waals surface area contributed by atoms with E-state index in [1.54, 1.807) is 6.07 Å². The maximum Gasteiger partial charge on any atom is 0.244 e. The summed E-state index contributed by atoms with van der Waals surface area (Å²) in [5.41, 5.74) is 1.01. The van der Waals surface area contributed by atoms with Gasteiger partial charge in [0.15, 0.2) is 0 Å². The van der Waals surface area contributed by atoms with Gasteiger partial charge in [-0.15, -0.1) is 0 Å². The molecule has 1 saturated carbocycles. The molecule has 0 bridgehead atoms. The minimum Gasteiger partial charge on any atom is -0.352 e. The average Bonchev–Trinajstić information content (AvgIpc) is 3.44. The Bertz CT molecular complexity index is 1480. The number of carbonyl (C=O) groups excluding carboxylic acids is 2. The Morgan fingerprint density at radius 3 is 2.32 bits per heavy atom. The number of hydrogen-bond donors (Lipinski definition) is 1. The maximum atomic E-state index is 14.9. The van der Waals surface area contributed by atoms with Crippen LogP contribution in [0.5, 0.6) is 0 Å². The van der Waals surface area contributed by atoms with E-state index in [4.69, 9.17) is 23.2 Å². The molecule has 1 atom stereocenters. The van der Waals surface area contributed by atoms with Crippen LogP contribution < -0.4 is 9.62 Å². The minimum absolute atomic E-state index is 0.0240. The van der Waals surface area contributed by atoms with Crippen molar-refractivity contribution in [3.63, 3.8) is 0 Å². The summed E-state index contributed by atoms with van der Waals surface area (Å²) in [6.45, 7) is -0.919. The number of rotatable bonds is 11. The standard InChI is InChI=1S/C30H32Cl2FN3O4S/c1-41(39,40)36(27-18-23(31)15-16-25(27)32)20-29(37)35(19-22-11-5-8-14-26(22)33)28(17-21-9-3-2-4-10-21)30(38)34-24-12-6-7-13-24/h2-5,8-11,14-16,18,24,28H,6-7,12-13,17,19-20H2,1H3,(H,34,38). The molecule has 0 saturated heterocycles. The van der Waals surface area contributed by atoms with Crippen molar-refractivity contribution in [1.29, 1.82) is 0 Å². The zero-order valence-electron chi connectivity index (χ0n) is 22.6. The molecule has 0 radical (unpaired) electrons. The topological polar surface area (TPSA) is 86.8 Å². The number of nitrogens with zero attached hydrogens (tertiary/aromatic N) is 2. The summed E-state index contributed by atoms with van der Waals surface area (Å²) in [6, 6.07) is 18.4. The fourth-order valence-corrected chi connectivity index (χ4v) is 6.29. The van der Waals surface area contributed by atoms with Crippen molar-refractivity contribution in [2.24, 2.45) is 0 Å². The lowest BCUT2D eigenvalue weighted by Gasteiger charge is -2.34. The Morgan fingerprint density at radius 2 is 1.66 bits per heavy atom. The van der Waals surface area contributed by atoms with Crippen LogP contribution in [0.1, 0.15) is 36.8 Å². The van der Waals surface area contributed by atoms with Gasteiger partial charge in [-0.05, 0) is 42.7 Å². The summed E-state index contributed by atoms with van der Waals surface area (Å²) in [4.78, 5) is 29.2. The monoisotopic (exact) mass is 619 g/mol. The van der Waals surface area contributed by atoms with Crippen LogP contribution in [0.25, 0.3) is 0 Å². The van der Waals surface area contributed by atoms with Crippen LogP contribution in [-0.2, 0) is 32.6 Å². The second kappa shape index (κ2) is 13.7. The SMILES string of the molecule is CS(=O)(=O)N(CC(=O)N(Cc1ccccc1F)C(Cc1ccccc1)C(=O)NC1CCCC1)c1cc(Cl)ccc1Cl. The largest absolute Gasteiger partial charge is 0.352 e. The predicted molar refractivity (Wildman–Crippen MR) is 160 cm³/mol. The van der Waals surface area contributed by atoms with E-state index in [1.807, 2.05) is 30.3 Å². The highest BCUT2D eigenvalue weighted by molar-refractivity contribution is 7.92. The van der Waals surface area contributed by atoms with E-state index in [1.165, 1.54) is 41.3 Å². The molecule has 3 aromatic rings. The third-order valence-corrected chi connectivity index (χ3v) is 8.81. The van der Waals surface area contributed by atoms with E-state index < -0.39 is 34.3 Å². The third kappa shape index (κ3) is 8.21. The summed E-state index contributed by atoms with van der Waals surface area (Å²) >= 11 is 12.5. The number of hydrogen-bond acceptors (Lipinski definition) is 4. The van der Waals surface area contributed by atoms with Gasteiger partial charge in [-0.1, -0.05) is 84.6 Å². The summed E-state index contributed by atoms with van der Waals surface area (Å²) < 4.78 is 41.5. The van der Waals surface area contributed by atoms with Gasteiger partial charge in [-0.3, -0.25) is 13.9 Å². The molecular weight excluding hydrogens is 588 g/mol. The molecule has 1 fully saturated rings. The second-order valence-electron chi connectivity index (χ2n) is 10.2. The zero-order chi connectivity index (χ0) is 29.6. The smallest absolute Gasteiger partial charge is 0.244 e. The molecule has 0 aromatic heterocycles. The highest BCUT2D eigenvalue weighted by Crippen LogP contribution is 2.31. The van der Waals surface area contributed by atoms with E-state index in [0.717, 1.165) is 41.8 Å². The van der Waals surface area contributed by atoms with E-state index in [0.29, 0.717) is 0 Å². The Morgan fingerprint density at radius 1 is 1.00 bits per heavy atom. The molecule has 4 rings (SSSR count). The quantitative estimate of drug-likeness (QED) is 0.303. The third-order valence-electron chi connectivity index (χ3n) is 7.13. The van der Waals surface area contributed by atoms with Crippen LogP contribution in [0.4, 0.5) is 10.1 Å². The normalized spacial score (nSPS) is 14.4. The van der Waals surface area contributed by atoms with Crippen molar-refractivity contribution in [1.82, 2.24) is 10.2 Å². The van der Waals surface area contributed by atoms with Crippen molar-refractivity contribution in [3.05, 3.63) is 99.8 Å². The van der Waals surface area contributed by atoms with Crippen molar-refractivity contribution < 1.29 is 22.4 Å². The van der Waals surface area contributed by atoms with Crippen molar-refractivity contribution >= 4 is 50.7 Å². The Hall–Kier alpha value is -3.14. The fourth-order valence-electron chi connectivity index (χ4n) is 5.00. The number of nitrogens with one attached hydrogen (secondary N) is 1. The first kappa shape index (κ1) is 30.8. The van der Waals surface area contributed by atoms with Gasteiger partial charge < -0.3 is 10.2 Å². The lowest BCUT2D eigenvalue weighted by molar-refractivity contribution is -0.140. The van der Waals surface area contributed by atoms with Crippen molar-refractivity contribution in [2.75, 3.05) is 17.1 Å². The zero-order valence-corrected chi connectivity index (χ0v) is 24.9. The predicted octanol–water partition coefficient (Wildman–Crippen LogP) is 5.60. The lowest BCUT2D eigenvalue weighted by atomic mass is 10.0. The van der Waals surface area contributed by atoms with Crippen LogP contribution in [0.3, 0.4) is 0 Å². The van der Waals surface area contributed by atoms with Crippen LogP contribution >= 0.6 is 23.2 Å². The van der Waals surface area contributed by atoms with Gasteiger partial charge in [0.2, 0.25) is 21.8 Å². The van der Waals surface area contributed by atoms with Gasteiger partial charge in [-0.2, -0.15) is 0 Å². The van der Waals surface area contributed by atoms with Gasteiger partial charge >= 0.3 is 0 Å². The number of anilines is 1. The Balaban J connectivity index is 1.75. The molecule has 1 aliphatic carbocycles. The molecule has 0 aliphatic heterocycles. The van der Waals surface area contributed by atoms with E-state index >= 15 is 0 Å². The molecule has 218 valence electrons. The summed E-state index contributed by atoms with van der Waals surface area (Å²) in [7, 11) is -4.02. The number of sulfonamides is 1. The van der Waals surface area contributed by atoms with Crippen LogP contribution in [0.15, 0.2) is 72.8 Å². The number of amides is 2. The molecule has 0 spiro atoms. The number of halogens is 3. The molecule has 0 heterocycles. The second-order valence-corrected chi connectivity index (χ2v) is 12.9. The van der Waals surface area contributed by atoms with Crippen LogP contribution in [0.2, 0.25) is 10.0 Å². The molecule has 3 aromatic carbocycles. The number of carbonyl (C=O) groups is 2. The van der Waals surface area contributed by atoms with Gasteiger partial charge in [0.1, 0.15) is 18.4 Å². The Labute approximate surface area is 250 Å². The molecular formula is C30H32Cl2FN3O4S. The molecule has 1 N–H and O–H groups in total. The fraction of sp³-hybridized carbons (Fsp3) is 0.333. The summed E-state index contributed by atoms with van der Waals surface area (Å²) in [6.07, 6.45) is 4.76. The summed E-state index contributed by atoms with van der Waals surface area (Å²) in [5.74, 6) is -1.62. The molecule has 41 heavy (non-hydrogen) atoms. The van der Waals surface area contributed by atoms with Crippen LogP contribution in [0, 0.1) is 5.82 Å². The first-order valence-electron chi connectivity index (χ1n) is 13.3. The Kier molecular flexibility index (Phi) is 10.3. The number of benzene rings is 3. The summed E-state index contributed by atoms with van der Waals surface area (Å²) in [5, 5.41) is 3.38. The van der Waals surface area contributed by atoms with E-state index in [2.05, 4.69) is 5.32 Å². The first-order chi connectivity index (χ1) is 19.5. The van der Waals surface area contributed by atoms with Gasteiger partial charge in [0, 0.05) is 29.6 Å². The maximum absolute atomic E-state index is 14.9. The van der Waals surface area contributed by atoms with E-state index in [9.17, 15) is 22.4 Å². The van der Waals surface area contributed by atoms with Gasteiger partial charge in [0.25, 0.3) is 0 Å². The highest BCUT2D eigenvalue weighted by atomic mass is 35.5. The molecule has 2 amide bonds. The van der Waals surface area contributed by atoms with Crippen LogP contribution in [-0.4, -0.2) is 50.0 Å². The molecule has 1 aliphatic rings. The highest BCUT2D eigenvalue weighted by Gasteiger charge is 2.35. The molecule has 11 heteroatoms. The van der Waals surface area contributed by atoms with Crippen molar-refractivity contribution in [2.45, 2.75) is 50.7 Å². The molecule has 7 nitrogen and oxygen atoms in total.